The average molecular weight is 210 g/mol. The van der Waals surface area contributed by atoms with Crippen LogP contribution in [0.2, 0.25) is 0 Å². The third-order valence-electron chi connectivity index (χ3n) is 3.53. The van der Waals surface area contributed by atoms with Crippen molar-refractivity contribution in [2.75, 3.05) is 0 Å². The highest BCUT2D eigenvalue weighted by Crippen LogP contribution is 2.33. The number of allylic oxidation sites excluding steroid dienone is 4. The molecule has 0 spiro atoms. The Balaban J connectivity index is 2.57. The largest absolute Gasteiger partial charge is 0.0804 e. The number of aryl methyl sites for hydroxylation is 1. The molecule has 0 heteroatoms. The maximum atomic E-state index is 3.49. The van der Waals surface area contributed by atoms with E-state index in [0.717, 1.165) is 6.42 Å². The van der Waals surface area contributed by atoms with E-state index in [1.54, 1.807) is 0 Å². The Kier molecular flexibility index (Phi) is 3.00. The maximum Gasteiger partial charge on any atom is 0.0214 e. The SMILES string of the molecule is CC1=CC[C]C(c2cccc(C)c2C)=C1C. The first-order valence-electron chi connectivity index (χ1n) is 5.79. The lowest BCUT2D eigenvalue weighted by Crippen LogP contribution is -2.00. The second-order valence-electron chi connectivity index (χ2n) is 4.52. The van der Waals surface area contributed by atoms with Gasteiger partial charge in [-0.1, -0.05) is 29.8 Å². The Morgan fingerprint density at radius 1 is 1.06 bits per heavy atom. The summed E-state index contributed by atoms with van der Waals surface area (Å²) in [7, 11) is 0. The molecule has 2 radical (unpaired) electrons. The minimum atomic E-state index is 0.936. The van der Waals surface area contributed by atoms with E-state index in [-0.39, 0.29) is 0 Å². The quantitative estimate of drug-likeness (QED) is 0.640. The van der Waals surface area contributed by atoms with Crippen molar-refractivity contribution in [3.8, 4) is 0 Å². The zero-order valence-corrected chi connectivity index (χ0v) is 10.5. The Labute approximate surface area is 98.7 Å². The van der Waals surface area contributed by atoms with E-state index < -0.39 is 0 Å². The van der Waals surface area contributed by atoms with Gasteiger partial charge in [-0.3, -0.25) is 0 Å². The highest BCUT2D eigenvalue weighted by Gasteiger charge is 2.14. The van der Waals surface area contributed by atoms with E-state index in [2.05, 4.69) is 58.4 Å². The lowest BCUT2D eigenvalue weighted by atomic mass is 9.85. The van der Waals surface area contributed by atoms with Crippen molar-refractivity contribution in [3.05, 3.63) is 58.5 Å². The zero-order valence-electron chi connectivity index (χ0n) is 10.5. The molecule has 0 aliphatic heterocycles. The van der Waals surface area contributed by atoms with Crippen LogP contribution in [0.4, 0.5) is 0 Å². The summed E-state index contributed by atoms with van der Waals surface area (Å²) >= 11 is 0. The topological polar surface area (TPSA) is 0 Å². The molecular formula is C16H18. The normalized spacial score (nSPS) is 16.4. The van der Waals surface area contributed by atoms with Crippen molar-refractivity contribution >= 4 is 5.57 Å². The van der Waals surface area contributed by atoms with Crippen LogP contribution in [0.25, 0.3) is 5.57 Å². The van der Waals surface area contributed by atoms with Crippen molar-refractivity contribution in [2.45, 2.75) is 34.1 Å². The molecule has 0 saturated heterocycles. The predicted octanol–water partition coefficient (Wildman–Crippen LogP) is 4.51. The van der Waals surface area contributed by atoms with Crippen molar-refractivity contribution in [1.82, 2.24) is 0 Å². The summed E-state index contributed by atoms with van der Waals surface area (Å²) in [5.74, 6) is 0. The summed E-state index contributed by atoms with van der Waals surface area (Å²) in [5.41, 5.74) is 8.10. The lowest BCUT2D eigenvalue weighted by Gasteiger charge is -2.19. The first-order chi connectivity index (χ1) is 7.61. The fourth-order valence-electron chi connectivity index (χ4n) is 2.11. The summed E-state index contributed by atoms with van der Waals surface area (Å²) in [6, 6.07) is 6.50. The van der Waals surface area contributed by atoms with Gasteiger partial charge in [0.25, 0.3) is 0 Å². The number of hydrogen-bond donors (Lipinski definition) is 0. The molecule has 16 heavy (non-hydrogen) atoms. The second kappa shape index (κ2) is 4.29. The first kappa shape index (κ1) is 11.2. The minimum absolute atomic E-state index is 0.936. The molecule has 0 atom stereocenters. The van der Waals surface area contributed by atoms with Crippen molar-refractivity contribution in [1.29, 1.82) is 0 Å². The van der Waals surface area contributed by atoms with Crippen LogP contribution in [0.5, 0.6) is 0 Å². The molecule has 0 aromatic heterocycles. The summed E-state index contributed by atoms with van der Waals surface area (Å²) in [4.78, 5) is 0. The van der Waals surface area contributed by atoms with Crippen LogP contribution in [-0.2, 0) is 0 Å². The lowest BCUT2D eigenvalue weighted by molar-refractivity contribution is 1.16. The molecular weight excluding hydrogens is 192 g/mol. The van der Waals surface area contributed by atoms with Gasteiger partial charge in [0, 0.05) is 6.42 Å². The van der Waals surface area contributed by atoms with E-state index >= 15 is 0 Å². The van der Waals surface area contributed by atoms with Crippen molar-refractivity contribution in [3.63, 3.8) is 0 Å². The summed E-state index contributed by atoms with van der Waals surface area (Å²) in [6.45, 7) is 8.73. The number of hydrogen-bond acceptors (Lipinski definition) is 0. The molecule has 0 nitrogen and oxygen atoms in total. The number of rotatable bonds is 1. The number of benzene rings is 1. The van der Waals surface area contributed by atoms with Gasteiger partial charge in [0.2, 0.25) is 0 Å². The van der Waals surface area contributed by atoms with Gasteiger partial charge in [-0.25, -0.2) is 0 Å². The molecule has 0 bridgehead atoms. The van der Waals surface area contributed by atoms with Gasteiger partial charge in [-0.05, 0) is 62.0 Å². The van der Waals surface area contributed by atoms with Crippen LogP contribution in [0, 0.1) is 20.3 Å². The monoisotopic (exact) mass is 210 g/mol. The Hall–Kier alpha value is -1.30. The van der Waals surface area contributed by atoms with E-state index in [1.165, 1.54) is 33.4 Å². The highest BCUT2D eigenvalue weighted by molar-refractivity contribution is 5.80. The van der Waals surface area contributed by atoms with Gasteiger partial charge in [0.15, 0.2) is 0 Å². The Morgan fingerprint density at radius 3 is 2.56 bits per heavy atom. The Morgan fingerprint density at radius 2 is 1.81 bits per heavy atom. The van der Waals surface area contributed by atoms with Gasteiger partial charge >= 0.3 is 0 Å². The molecule has 1 aromatic carbocycles. The molecule has 0 amide bonds. The summed E-state index contributed by atoms with van der Waals surface area (Å²) < 4.78 is 0. The minimum Gasteiger partial charge on any atom is -0.0804 e. The zero-order chi connectivity index (χ0) is 11.7. The standard InChI is InChI=1S/C16H18/c1-11-7-5-9-15(13(11)3)16-10-6-8-12(2)14(16)4/h5,7-9H,6H2,1-4H3. The molecule has 0 N–H and O–H groups in total. The third-order valence-corrected chi connectivity index (χ3v) is 3.53. The van der Waals surface area contributed by atoms with Gasteiger partial charge < -0.3 is 0 Å². The molecule has 0 fully saturated rings. The van der Waals surface area contributed by atoms with Crippen LogP contribution >= 0.6 is 0 Å². The van der Waals surface area contributed by atoms with E-state index in [0.29, 0.717) is 0 Å². The third kappa shape index (κ3) is 1.84. The molecule has 1 aliphatic rings. The predicted molar refractivity (Wildman–Crippen MR) is 70.1 cm³/mol. The molecule has 0 saturated carbocycles. The van der Waals surface area contributed by atoms with Crippen LogP contribution in [0.1, 0.15) is 37.0 Å². The van der Waals surface area contributed by atoms with Crippen LogP contribution in [0.15, 0.2) is 35.4 Å². The Bertz CT molecular complexity index is 473. The molecule has 1 aliphatic carbocycles. The first-order valence-corrected chi connectivity index (χ1v) is 5.79. The van der Waals surface area contributed by atoms with Gasteiger partial charge in [-0.2, -0.15) is 0 Å². The van der Waals surface area contributed by atoms with E-state index in [4.69, 9.17) is 0 Å². The van der Waals surface area contributed by atoms with Crippen LogP contribution in [0.3, 0.4) is 0 Å². The highest BCUT2D eigenvalue weighted by atomic mass is 14.2. The maximum absolute atomic E-state index is 3.49. The van der Waals surface area contributed by atoms with E-state index in [1.807, 2.05) is 0 Å². The average Bonchev–Trinajstić information content (AvgIpc) is 2.27. The van der Waals surface area contributed by atoms with Crippen LogP contribution in [-0.4, -0.2) is 0 Å². The van der Waals surface area contributed by atoms with Crippen molar-refractivity contribution in [2.24, 2.45) is 0 Å². The van der Waals surface area contributed by atoms with Gasteiger partial charge in [-0.15, -0.1) is 0 Å². The molecule has 0 unspecified atom stereocenters. The second-order valence-corrected chi connectivity index (χ2v) is 4.52. The van der Waals surface area contributed by atoms with Gasteiger partial charge in [0.1, 0.15) is 0 Å². The molecule has 1 aromatic rings. The smallest absolute Gasteiger partial charge is 0.0214 e. The molecule has 82 valence electrons. The van der Waals surface area contributed by atoms with E-state index in [9.17, 15) is 0 Å². The summed E-state index contributed by atoms with van der Waals surface area (Å²) in [6.07, 6.45) is 6.66. The molecule has 2 rings (SSSR count). The van der Waals surface area contributed by atoms with Crippen LogP contribution < -0.4 is 0 Å². The fraction of sp³-hybridized carbons (Fsp3) is 0.312. The fourth-order valence-corrected chi connectivity index (χ4v) is 2.11. The van der Waals surface area contributed by atoms with Crippen molar-refractivity contribution < 1.29 is 0 Å². The summed E-state index contributed by atoms with van der Waals surface area (Å²) in [5, 5.41) is 0. The van der Waals surface area contributed by atoms with Gasteiger partial charge in [0.05, 0.1) is 0 Å². The molecule has 0 heterocycles.